The second kappa shape index (κ2) is 5.01. The summed E-state index contributed by atoms with van der Waals surface area (Å²) in [4.78, 5) is 14.1. The fourth-order valence-electron chi connectivity index (χ4n) is 1.38. The topological polar surface area (TPSA) is 65.3 Å². The molecule has 1 heterocycles. The van der Waals surface area contributed by atoms with Crippen molar-refractivity contribution in [3.63, 3.8) is 0 Å². The molecule has 0 saturated heterocycles. The van der Waals surface area contributed by atoms with Crippen molar-refractivity contribution in [1.82, 2.24) is 4.98 Å². The van der Waals surface area contributed by atoms with Crippen molar-refractivity contribution in [3.8, 4) is 11.5 Å². The first kappa shape index (κ1) is 12.3. The van der Waals surface area contributed by atoms with Crippen LogP contribution >= 0.6 is 11.6 Å². The van der Waals surface area contributed by atoms with E-state index in [9.17, 15) is 10.1 Å². The van der Waals surface area contributed by atoms with Gasteiger partial charge < -0.3 is 4.74 Å². The maximum absolute atomic E-state index is 10.6. The molecule has 0 N–H and O–H groups in total. The van der Waals surface area contributed by atoms with Crippen molar-refractivity contribution in [2.24, 2.45) is 0 Å². The van der Waals surface area contributed by atoms with Gasteiger partial charge in [0.1, 0.15) is 16.7 Å². The van der Waals surface area contributed by atoms with Crippen LogP contribution in [0.4, 0.5) is 5.69 Å². The minimum absolute atomic E-state index is 0.0229. The standard InChI is InChI=1S/C12H9ClN2O3/c1-8-7-14-12(13)6-11(8)18-10-4-2-3-9(5-10)15(16)17/h2-7H,1H3. The van der Waals surface area contributed by atoms with Crippen LogP contribution in [0.2, 0.25) is 5.15 Å². The Morgan fingerprint density at radius 2 is 2.17 bits per heavy atom. The highest BCUT2D eigenvalue weighted by atomic mass is 35.5. The molecule has 1 aromatic carbocycles. The lowest BCUT2D eigenvalue weighted by Crippen LogP contribution is -1.91. The molecule has 0 aliphatic carbocycles. The van der Waals surface area contributed by atoms with Gasteiger partial charge in [-0.15, -0.1) is 0 Å². The van der Waals surface area contributed by atoms with Gasteiger partial charge in [0.25, 0.3) is 5.69 Å². The van der Waals surface area contributed by atoms with Gasteiger partial charge in [0, 0.05) is 23.9 Å². The van der Waals surface area contributed by atoms with Gasteiger partial charge in [0.05, 0.1) is 11.0 Å². The lowest BCUT2D eigenvalue weighted by Gasteiger charge is -2.08. The first-order valence-corrected chi connectivity index (χ1v) is 5.48. The number of benzene rings is 1. The quantitative estimate of drug-likeness (QED) is 0.481. The Bertz CT molecular complexity index is 602. The molecule has 5 nitrogen and oxygen atoms in total. The van der Waals surface area contributed by atoms with Crippen molar-refractivity contribution in [1.29, 1.82) is 0 Å². The Hall–Kier alpha value is -2.14. The molecular weight excluding hydrogens is 256 g/mol. The molecular formula is C12H9ClN2O3. The lowest BCUT2D eigenvalue weighted by atomic mass is 10.3. The SMILES string of the molecule is Cc1cnc(Cl)cc1Oc1cccc([N+](=O)[O-])c1. The maximum Gasteiger partial charge on any atom is 0.273 e. The van der Waals surface area contributed by atoms with Gasteiger partial charge >= 0.3 is 0 Å². The van der Waals surface area contributed by atoms with Gasteiger partial charge in [-0.25, -0.2) is 4.98 Å². The van der Waals surface area contributed by atoms with Gasteiger partial charge in [-0.2, -0.15) is 0 Å². The van der Waals surface area contributed by atoms with Crippen LogP contribution in [0.5, 0.6) is 11.5 Å². The number of nitro groups is 1. The molecule has 0 bridgehead atoms. The summed E-state index contributed by atoms with van der Waals surface area (Å²) in [7, 11) is 0. The first-order valence-electron chi connectivity index (χ1n) is 5.11. The maximum atomic E-state index is 10.6. The molecule has 2 aromatic rings. The van der Waals surface area contributed by atoms with Crippen LogP contribution < -0.4 is 4.74 Å². The summed E-state index contributed by atoms with van der Waals surface area (Å²) in [5.41, 5.74) is 0.774. The minimum Gasteiger partial charge on any atom is -0.457 e. The Balaban J connectivity index is 2.31. The third-order valence-corrected chi connectivity index (χ3v) is 2.48. The Labute approximate surface area is 108 Å². The van der Waals surface area contributed by atoms with E-state index in [0.717, 1.165) is 5.56 Å². The number of nitro benzene ring substituents is 1. The fourth-order valence-corrected chi connectivity index (χ4v) is 1.53. The van der Waals surface area contributed by atoms with Crippen LogP contribution in [0.1, 0.15) is 5.56 Å². The Morgan fingerprint density at radius 1 is 1.39 bits per heavy atom. The van der Waals surface area contributed by atoms with Crippen molar-refractivity contribution >= 4 is 17.3 Å². The molecule has 0 spiro atoms. The number of aryl methyl sites for hydroxylation is 1. The molecule has 0 unspecified atom stereocenters. The van der Waals surface area contributed by atoms with Gasteiger partial charge in [0.15, 0.2) is 0 Å². The molecule has 0 fully saturated rings. The highest BCUT2D eigenvalue weighted by molar-refractivity contribution is 6.29. The van der Waals surface area contributed by atoms with E-state index in [-0.39, 0.29) is 5.69 Å². The summed E-state index contributed by atoms with van der Waals surface area (Å²) in [5, 5.41) is 11.0. The zero-order valence-electron chi connectivity index (χ0n) is 9.46. The van der Waals surface area contributed by atoms with Crippen LogP contribution in [0.25, 0.3) is 0 Å². The first-order chi connectivity index (χ1) is 8.56. The number of aromatic nitrogens is 1. The zero-order valence-corrected chi connectivity index (χ0v) is 10.2. The van der Waals surface area contributed by atoms with E-state index in [4.69, 9.17) is 16.3 Å². The molecule has 0 amide bonds. The van der Waals surface area contributed by atoms with Crippen LogP contribution in [-0.4, -0.2) is 9.91 Å². The van der Waals surface area contributed by atoms with E-state index in [1.54, 1.807) is 24.4 Å². The molecule has 0 aliphatic rings. The second-order valence-electron chi connectivity index (χ2n) is 3.63. The van der Waals surface area contributed by atoms with Crippen LogP contribution in [-0.2, 0) is 0 Å². The molecule has 2 rings (SSSR count). The van der Waals surface area contributed by atoms with E-state index >= 15 is 0 Å². The highest BCUT2D eigenvalue weighted by Crippen LogP contribution is 2.28. The molecule has 6 heteroatoms. The normalized spacial score (nSPS) is 10.1. The van der Waals surface area contributed by atoms with Crippen LogP contribution in [0, 0.1) is 17.0 Å². The molecule has 0 atom stereocenters. The monoisotopic (exact) mass is 264 g/mol. The van der Waals surface area contributed by atoms with E-state index in [1.807, 2.05) is 6.92 Å². The molecule has 92 valence electrons. The van der Waals surface area contributed by atoms with Crippen molar-refractivity contribution in [2.45, 2.75) is 6.92 Å². The average Bonchev–Trinajstić information content (AvgIpc) is 2.34. The summed E-state index contributed by atoms with van der Waals surface area (Å²) >= 11 is 5.77. The molecule has 1 aromatic heterocycles. The van der Waals surface area contributed by atoms with Gasteiger partial charge in [-0.05, 0) is 13.0 Å². The van der Waals surface area contributed by atoms with E-state index in [0.29, 0.717) is 16.7 Å². The van der Waals surface area contributed by atoms with Crippen LogP contribution in [0.3, 0.4) is 0 Å². The van der Waals surface area contributed by atoms with E-state index in [2.05, 4.69) is 4.98 Å². The van der Waals surface area contributed by atoms with Gasteiger partial charge in [-0.1, -0.05) is 17.7 Å². The average molecular weight is 265 g/mol. The fraction of sp³-hybridized carbons (Fsp3) is 0.0833. The number of non-ortho nitro benzene ring substituents is 1. The van der Waals surface area contributed by atoms with E-state index in [1.165, 1.54) is 12.1 Å². The summed E-state index contributed by atoms with van der Waals surface area (Å²) in [6, 6.07) is 7.52. The second-order valence-corrected chi connectivity index (χ2v) is 4.02. The Kier molecular flexibility index (Phi) is 3.43. The summed E-state index contributed by atoms with van der Waals surface area (Å²) in [6.45, 7) is 1.82. The zero-order chi connectivity index (χ0) is 13.1. The third-order valence-electron chi connectivity index (χ3n) is 2.28. The number of rotatable bonds is 3. The van der Waals surface area contributed by atoms with Crippen molar-refractivity contribution in [3.05, 3.63) is 57.4 Å². The number of ether oxygens (including phenoxy) is 1. The Morgan fingerprint density at radius 3 is 2.89 bits per heavy atom. The summed E-state index contributed by atoms with van der Waals surface area (Å²) < 4.78 is 5.55. The van der Waals surface area contributed by atoms with Crippen molar-refractivity contribution in [2.75, 3.05) is 0 Å². The number of pyridine rings is 1. The largest absolute Gasteiger partial charge is 0.457 e. The highest BCUT2D eigenvalue weighted by Gasteiger charge is 2.08. The molecule has 0 radical (unpaired) electrons. The molecule has 0 saturated carbocycles. The lowest BCUT2D eigenvalue weighted by molar-refractivity contribution is -0.384. The number of hydrogen-bond donors (Lipinski definition) is 0. The summed E-state index contributed by atoms with van der Waals surface area (Å²) in [6.07, 6.45) is 1.58. The predicted octanol–water partition coefficient (Wildman–Crippen LogP) is 3.74. The van der Waals surface area contributed by atoms with E-state index < -0.39 is 4.92 Å². The minimum atomic E-state index is -0.473. The molecule has 18 heavy (non-hydrogen) atoms. The number of halogens is 1. The van der Waals surface area contributed by atoms with Crippen molar-refractivity contribution < 1.29 is 9.66 Å². The van der Waals surface area contributed by atoms with Crippen LogP contribution in [0.15, 0.2) is 36.5 Å². The van der Waals surface area contributed by atoms with Gasteiger partial charge in [0.2, 0.25) is 0 Å². The summed E-state index contributed by atoms with van der Waals surface area (Å²) in [5.74, 6) is 0.907. The molecule has 0 aliphatic heterocycles. The number of hydrogen-bond acceptors (Lipinski definition) is 4. The van der Waals surface area contributed by atoms with Gasteiger partial charge in [-0.3, -0.25) is 10.1 Å². The predicted molar refractivity (Wildman–Crippen MR) is 67.2 cm³/mol. The number of nitrogens with zero attached hydrogens (tertiary/aromatic N) is 2. The smallest absolute Gasteiger partial charge is 0.273 e. The third kappa shape index (κ3) is 2.75.